The third-order valence-corrected chi connectivity index (χ3v) is 3.83. The van der Waals surface area contributed by atoms with Gasteiger partial charge in [0.15, 0.2) is 0 Å². The third-order valence-electron chi connectivity index (χ3n) is 3.83. The van der Waals surface area contributed by atoms with Crippen molar-refractivity contribution in [1.29, 1.82) is 0 Å². The molecule has 1 aliphatic heterocycles. The van der Waals surface area contributed by atoms with Crippen LogP contribution in [0.5, 0.6) is 0 Å². The van der Waals surface area contributed by atoms with Crippen LogP contribution in [0.4, 0.5) is 9.18 Å². The molecule has 5 heteroatoms. The maximum atomic E-state index is 13.5. The van der Waals surface area contributed by atoms with Gasteiger partial charge in [0.05, 0.1) is 0 Å². The molecular formula is C16H24FN3O. The Morgan fingerprint density at radius 3 is 2.62 bits per heavy atom. The minimum atomic E-state index is -0.208. The van der Waals surface area contributed by atoms with Gasteiger partial charge in [-0.3, -0.25) is 4.90 Å². The summed E-state index contributed by atoms with van der Waals surface area (Å²) in [5.74, 6) is -0.208. The van der Waals surface area contributed by atoms with Crippen LogP contribution < -0.4 is 5.32 Å². The number of hydrogen-bond donors (Lipinski definition) is 1. The molecule has 1 aliphatic rings. The zero-order valence-electron chi connectivity index (χ0n) is 12.6. The summed E-state index contributed by atoms with van der Waals surface area (Å²) in [5, 5.41) is 2.88. The van der Waals surface area contributed by atoms with Crippen LogP contribution in [0.3, 0.4) is 0 Å². The lowest BCUT2D eigenvalue weighted by atomic mass is 10.1. The van der Waals surface area contributed by atoms with Gasteiger partial charge >= 0.3 is 6.03 Å². The summed E-state index contributed by atoms with van der Waals surface area (Å²) in [7, 11) is 0. The SMILES string of the molecule is CCCN1CCN(C(=O)NCCc2ccccc2F)CC1. The highest BCUT2D eigenvalue weighted by atomic mass is 19.1. The molecule has 4 nitrogen and oxygen atoms in total. The molecule has 1 aromatic carbocycles. The molecule has 1 aromatic rings. The molecular weight excluding hydrogens is 269 g/mol. The van der Waals surface area contributed by atoms with Crippen molar-refractivity contribution in [3.05, 3.63) is 35.6 Å². The number of nitrogens with zero attached hydrogens (tertiary/aromatic N) is 2. The largest absolute Gasteiger partial charge is 0.338 e. The van der Waals surface area contributed by atoms with Crippen LogP contribution in [-0.4, -0.2) is 55.1 Å². The van der Waals surface area contributed by atoms with E-state index in [0.717, 1.165) is 39.1 Å². The summed E-state index contributed by atoms with van der Waals surface area (Å²) < 4.78 is 13.5. The molecule has 0 radical (unpaired) electrons. The lowest BCUT2D eigenvalue weighted by Crippen LogP contribution is -2.52. The summed E-state index contributed by atoms with van der Waals surface area (Å²) in [4.78, 5) is 16.3. The first-order valence-electron chi connectivity index (χ1n) is 7.69. The lowest BCUT2D eigenvalue weighted by Gasteiger charge is -2.34. The number of nitrogens with one attached hydrogen (secondary N) is 1. The average molecular weight is 293 g/mol. The highest BCUT2D eigenvalue weighted by Gasteiger charge is 2.19. The molecule has 0 bridgehead atoms. The van der Waals surface area contributed by atoms with E-state index in [1.807, 2.05) is 11.0 Å². The molecule has 1 fully saturated rings. The van der Waals surface area contributed by atoms with Gasteiger partial charge in [-0.15, -0.1) is 0 Å². The number of benzene rings is 1. The van der Waals surface area contributed by atoms with Gasteiger partial charge in [-0.25, -0.2) is 9.18 Å². The summed E-state index contributed by atoms with van der Waals surface area (Å²) in [6.45, 7) is 7.15. The highest BCUT2D eigenvalue weighted by molar-refractivity contribution is 5.74. The third kappa shape index (κ3) is 4.70. The van der Waals surface area contributed by atoms with Crippen molar-refractivity contribution in [3.8, 4) is 0 Å². The molecule has 1 heterocycles. The van der Waals surface area contributed by atoms with Gasteiger partial charge in [0.1, 0.15) is 5.82 Å². The van der Waals surface area contributed by atoms with E-state index in [0.29, 0.717) is 18.5 Å². The Morgan fingerprint density at radius 2 is 1.95 bits per heavy atom. The minimum Gasteiger partial charge on any atom is -0.338 e. The number of carbonyl (C=O) groups is 1. The Bertz CT molecular complexity index is 459. The summed E-state index contributed by atoms with van der Waals surface area (Å²) >= 11 is 0. The van der Waals surface area contributed by atoms with Crippen LogP contribution in [0.1, 0.15) is 18.9 Å². The van der Waals surface area contributed by atoms with Crippen LogP contribution in [0, 0.1) is 5.82 Å². The number of hydrogen-bond acceptors (Lipinski definition) is 2. The van der Waals surface area contributed by atoms with Gasteiger partial charge in [0, 0.05) is 32.7 Å². The van der Waals surface area contributed by atoms with Crippen LogP contribution in [0.15, 0.2) is 24.3 Å². The van der Waals surface area contributed by atoms with Crippen molar-refractivity contribution in [2.24, 2.45) is 0 Å². The predicted octanol–water partition coefficient (Wildman–Crippen LogP) is 2.11. The first kappa shape index (κ1) is 15.8. The molecule has 1 N–H and O–H groups in total. The molecule has 0 unspecified atom stereocenters. The number of rotatable bonds is 5. The van der Waals surface area contributed by atoms with E-state index in [2.05, 4.69) is 17.1 Å². The topological polar surface area (TPSA) is 35.6 Å². The maximum Gasteiger partial charge on any atom is 0.317 e. The van der Waals surface area contributed by atoms with Crippen molar-refractivity contribution in [2.75, 3.05) is 39.3 Å². The molecule has 0 saturated carbocycles. The smallest absolute Gasteiger partial charge is 0.317 e. The molecule has 1 saturated heterocycles. The second-order valence-electron chi connectivity index (χ2n) is 5.40. The van der Waals surface area contributed by atoms with E-state index >= 15 is 0 Å². The molecule has 21 heavy (non-hydrogen) atoms. The van der Waals surface area contributed by atoms with Crippen molar-refractivity contribution >= 4 is 6.03 Å². The van der Waals surface area contributed by atoms with Gasteiger partial charge in [-0.1, -0.05) is 25.1 Å². The minimum absolute atomic E-state index is 0.0394. The van der Waals surface area contributed by atoms with Gasteiger partial charge in [-0.05, 0) is 31.0 Å². The first-order chi connectivity index (χ1) is 10.2. The zero-order valence-corrected chi connectivity index (χ0v) is 12.6. The standard InChI is InChI=1S/C16H24FN3O/c1-2-9-19-10-12-20(13-11-19)16(21)18-8-7-14-5-3-4-6-15(14)17/h3-6H,2,7-13H2,1H3,(H,18,21). The maximum absolute atomic E-state index is 13.5. The number of urea groups is 1. The molecule has 0 spiro atoms. The Labute approximate surface area is 125 Å². The summed E-state index contributed by atoms with van der Waals surface area (Å²) in [6, 6.07) is 6.65. The Morgan fingerprint density at radius 1 is 1.24 bits per heavy atom. The predicted molar refractivity (Wildman–Crippen MR) is 81.8 cm³/mol. The number of carbonyl (C=O) groups excluding carboxylic acids is 1. The Hall–Kier alpha value is -1.62. The van der Waals surface area contributed by atoms with Crippen molar-refractivity contribution in [1.82, 2.24) is 15.1 Å². The summed E-state index contributed by atoms with van der Waals surface area (Å²) in [5.41, 5.74) is 0.644. The van der Waals surface area contributed by atoms with Crippen LogP contribution in [-0.2, 0) is 6.42 Å². The molecule has 116 valence electrons. The summed E-state index contributed by atoms with van der Waals surface area (Å²) in [6.07, 6.45) is 1.67. The quantitative estimate of drug-likeness (QED) is 0.902. The molecule has 2 rings (SSSR count). The fourth-order valence-corrected chi connectivity index (χ4v) is 2.61. The first-order valence-corrected chi connectivity index (χ1v) is 7.69. The van der Waals surface area contributed by atoms with Gasteiger partial charge in [0.2, 0.25) is 0 Å². The number of piperazine rings is 1. The number of halogens is 1. The van der Waals surface area contributed by atoms with Gasteiger partial charge in [0.25, 0.3) is 0 Å². The van der Waals surface area contributed by atoms with Gasteiger partial charge < -0.3 is 10.2 Å². The van der Waals surface area contributed by atoms with E-state index in [1.165, 1.54) is 6.07 Å². The fraction of sp³-hybridized carbons (Fsp3) is 0.562. The molecule has 0 aliphatic carbocycles. The van der Waals surface area contributed by atoms with Crippen molar-refractivity contribution in [3.63, 3.8) is 0 Å². The normalized spacial score (nSPS) is 16.0. The van der Waals surface area contributed by atoms with Crippen LogP contribution in [0.25, 0.3) is 0 Å². The van der Waals surface area contributed by atoms with Gasteiger partial charge in [-0.2, -0.15) is 0 Å². The monoisotopic (exact) mass is 293 g/mol. The lowest BCUT2D eigenvalue weighted by molar-refractivity contribution is 0.139. The fourth-order valence-electron chi connectivity index (χ4n) is 2.61. The molecule has 2 amide bonds. The second-order valence-corrected chi connectivity index (χ2v) is 5.40. The number of amides is 2. The average Bonchev–Trinajstić information content (AvgIpc) is 2.50. The Balaban J connectivity index is 1.70. The molecule has 0 atom stereocenters. The van der Waals surface area contributed by atoms with E-state index in [-0.39, 0.29) is 11.8 Å². The second kappa shape index (κ2) is 7.98. The van der Waals surface area contributed by atoms with Crippen LogP contribution in [0.2, 0.25) is 0 Å². The van der Waals surface area contributed by atoms with Crippen molar-refractivity contribution in [2.45, 2.75) is 19.8 Å². The Kier molecular flexibility index (Phi) is 5.99. The molecule has 0 aromatic heterocycles. The van der Waals surface area contributed by atoms with Crippen LogP contribution >= 0.6 is 0 Å². The zero-order chi connectivity index (χ0) is 15.1. The van der Waals surface area contributed by atoms with E-state index < -0.39 is 0 Å². The van der Waals surface area contributed by atoms with E-state index in [9.17, 15) is 9.18 Å². The van der Waals surface area contributed by atoms with E-state index in [4.69, 9.17) is 0 Å². The van der Waals surface area contributed by atoms with E-state index in [1.54, 1.807) is 12.1 Å². The van der Waals surface area contributed by atoms with Crippen molar-refractivity contribution < 1.29 is 9.18 Å². The highest BCUT2D eigenvalue weighted by Crippen LogP contribution is 2.07.